The van der Waals surface area contributed by atoms with Gasteiger partial charge in [-0.25, -0.2) is 4.98 Å². The molecule has 0 unspecified atom stereocenters. The Labute approximate surface area is 140 Å². The van der Waals surface area contributed by atoms with Gasteiger partial charge in [0.25, 0.3) is 5.91 Å². The molecule has 1 aromatic heterocycles. The first-order valence-corrected chi connectivity index (χ1v) is 8.39. The number of oxazole rings is 1. The van der Waals surface area contributed by atoms with Crippen LogP contribution in [0, 0.1) is 6.92 Å². The van der Waals surface area contributed by atoms with E-state index in [1.165, 1.54) is 18.4 Å². The topological polar surface area (TPSA) is 55.1 Å². The molecule has 4 heteroatoms. The van der Waals surface area contributed by atoms with E-state index in [9.17, 15) is 4.79 Å². The molecule has 0 saturated heterocycles. The number of hydrogen-bond donors (Lipinski definition) is 1. The number of nitrogens with zero attached hydrogens (tertiary/aromatic N) is 1. The molecule has 1 N–H and O–H groups in total. The molecular formula is C20H20N2O2. The van der Waals surface area contributed by atoms with E-state index in [1.807, 2.05) is 30.3 Å². The highest BCUT2D eigenvalue weighted by Crippen LogP contribution is 2.50. The first kappa shape index (κ1) is 14.9. The predicted octanol–water partition coefficient (Wildman–Crippen LogP) is 4.83. The number of rotatable bonds is 4. The normalized spacial score (nSPS) is 15.4. The molecule has 1 aliphatic rings. The quantitative estimate of drug-likeness (QED) is 0.749. The number of fused-ring (bicyclic) bond motifs is 1. The standard InChI is InChI=1S/C20H20N2O2/c1-3-20(11-12-20)15-9-7-14(8-10-15)19(23)22-16-5-4-6-17-18(16)21-13(2)24-17/h4-10H,3,11-12H2,1-2H3,(H,22,23). The van der Waals surface area contributed by atoms with E-state index in [1.54, 1.807) is 6.92 Å². The van der Waals surface area contributed by atoms with Gasteiger partial charge in [-0.2, -0.15) is 0 Å². The van der Waals surface area contributed by atoms with Gasteiger partial charge in [-0.1, -0.05) is 25.1 Å². The van der Waals surface area contributed by atoms with Gasteiger partial charge in [0.05, 0.1) is 5.69 Å². The highest BCUT2D eigenvalue weighted by Gasteiger charge is 2.42. The van der Waals surface area contributed by atoms with Crippen molar-refractivity contribution in [3.8, 4) is 0 Å². The van der Waals surface area contributed by atoms with E-state index in [0.29, 0.717) is 33.7 Å². The predicted molar refractivity (Wildman–Crippen MR) is 94.3 cm³/mol. The van der Waals surface area contributed by atoms with Gasteiger partial charge in [-0.15, -0.1) is 0 Å². The highest BCUT2D eigenvalue weighted by atomic mass is 16.3. The second kappa shape index (κ2) is 5.48. The molecule has 0 bridgehead atoms. The fraction of sp³-hybridized carbons (Fsp3) is 0.300. The Hall–Kier alpha value is -2.62. The van der Waals surface area contributed by atoms with Gasteiger partial charge < -0.3 is 9.73 Å². The lowest BCUT2D eigenvalue weighted by atomic mass is 9.92. The zero-order valence-electron chi connectivity index (χ0n) is 13.9. The Balaban J connectivity index is 1.57. The lowest BCUT2D eigenvalue weighted by Gasteiger charge is -2.13. The largest absolute Gasteiger partial charge is 0.441 e. The fourth-order valence-electron chi connectivity index (χ4n) is 3.33. The third-order valence-corrected chi connectivity index (χ3v) is 5.06. The summed E-state index contributed by atoms with van der Waals surface area (Å²) in [6.07, 6.45) is 3.66. The van der Waals surface area contributed by atoms with Crippen LogP contribution in [0.3, 0.4) is 0 Å². The summed E-state index contributed by atoms with van der Waals surface area (Å²) >= 11 is 0. The van der Waals surface area contributed by atoms with Crippen molar-refractivity contribution < 1.29 is 9.21 Å². The summed E-state index contributed by atoms with van der Waals surface area (Å²) in [6.45, 7) is 4.03. The average molecular weight is 320 g/mol. The summed E-state index contributed by atoms with van der Waals surface area (Å²) in [4.78, 5) is 16.9. The van der Waals surface area contributed by atoms with Gasteiger partial charge in [0.2, 0.25) is 0 Å². The van der Waals surface area contributed by atoms with Crippen LogP contribution in [0.5, 0.6) is 0 Å². The summed E-state index contributed by atoms with van der Waals surface area (Å²) < 4.78 is 5.51. The molecule has 3 aromatic rings. The highest BCUT2D eigenvalue weighted by molar-refractivity contribution is 6.07. The fourth-order valence-corrected chi connectivity index (χ4v) is 3.33. The smallest absolute Gasteiger partial charge is 0.255 e. The maximum atomic E-state index is 12.5. The van der Waals surface area contributed by atoms with Gasteiger partial charge in [0.1, 0.15) is 5.52 Å². The second-order valence-corrected chi connectivity index (χ2v) is 6.55. The maximum Gasteiger partial charge on any atom is 0.255 e. The van der Waals surface area contributed by atoms with Crippen molar-refractivity contribution in [3.05, 3.63) is 59.5 Å². The van der Waals surface area contributed by atoms with Crippen LogP contribution in [0.1, 0.15) is 48.0 Å². The Kier molecular flexibility index (Phi) is 3.41. The number of benzene rings is 2. The van der Waals surface area contributed by atoms with Crippen LogP contribution in [0.25, 0.3) is 11.1 Å². The van der Waals surface area contributed by atoms with Crippen molar-refractivity contribution in [2.45, 2.75) is 38.5 Å². The molecule has 24 heavy (non-hydrogen) atoms. The zero-order chi connectivity index (χ0) is 16.7. The number of hydrogen-bond acceptors (Lipinski definition) is 3. The minimum absolute atomic E-state index is 0.129. The van der Waals surface area contributed by atoms with Crippen molar-refractivity contribution in [3.63, 3.8) is 0 Å². The van der Waals surface area contributed by atoms with Crippen molar-refractivity contribution in [2.75, 3.05) is 5.32 Å². The van der Waals surface area contributed by atoms with E-state index in [0.717, 1.165) is 6.42 Å². The number of aromatic nitrogens is 1. The van der Waals surface area contributed by atoms with E-state index >= 15 is 0 Å². The molecule has 0 atom stereocenters. The third-order valence-electron chi connectivity index (χ3n) is 5.06. The molecule has 122 valence electrons. The molecular weight excluding hydrogens is 300 g/mol. The summed E-state index contributed by atoms with van der Waals surface area (Å²) in [5.74, 6) is 0.460. The van der Waals surface area contributed by atoms with Gasteiger partial charge >= 0.3 is 0 Å². The van der Waals surface area contributed by atoms with Crippen molar-refractivity contribution in [1.29, 1.82) is 0 Å². The molecule has 2 aromatic carbocycles. The number of carbonyl (C=O) groups excluding carboxylic acids is 1. The molecule has 1 heterocycles. The van der Waals surface area contributed by atoms with Crippen LogP contribution in [-0.4, -0.2) is 10.9 Å². The van der Waals surface area contributed by atoms with Crippen LogP contribution in [0.4, 0.5) is 5.69 Å². The molecule has 0 aliphatic heterocycles. The molecule has 0 radical (unpaired) electrons. The van der Waals surface area contributed by atoms with E-state index in [4.69, 9.17) is 4.42 Å². The average Bonchev–Trinajstić information content (AvgIpc) is 3.30. The van der Waals surface area contributed by atoms with Crippen molar-refractivity contribution >= 4 is 22.7 Å². The number of para-hydroxylation sites is 1. The van der Waals surface area contributed by atoms with E-state index < -0.39 is 0 Å². The molecule has 4 rings (SSSR count). The minimum atomic E-state index is -0.129. The SMILES string of the molecule is CCC1(c2ccc(C(=O)Nc3cccc4oc(C)nc34)cc2)CC1. The van der Waals surface area contributed by atoms with Crippen molar-refractivity contribution in [1.82, 2.24) is 4.98 Å². The summed E-state index contributed by atoms with van der Waals surface area (Å²) in [5.41, 5.74) is 4.39. The third kappa shape index (κ3) is 2.48. The van der Waals surface area contributed by atoms with E-state index in [-0.39, 0.29) is 5.91 Å². The lowest BCUT2D eigenvalue weighted by Crippen LogP contribution is -2.13. The molecule has 1 saturated carbocycles. The van der Waals surface area contributed by atoms with Crippen LogP contribution < -0.4 is 5.32 Å². The molecule has 1 aliphatic carbocycles. The zero-order valence-corrected chi connectivity index (χ0v) is 13.9. The first-order chi connectivity index (χ1) is 11.6. The Bertz CT molecular complexity index is 905. The monoisotopic (exact) mass is 320 g/mol. The molecule has 4 nitrogen and oxygen atoms in total. The number of anilines is 1. The number of carbonyl (C=O) groups is 1. The Morgan fingerprint density at radius 2 is 1.96 bits per heavy atom. The van der Waals surface area contributed by atoms with Gasteiger partial charge in [0, 0.05) is 12.5 Å². The molecule has 1 amide bonds. The van der Waals surface area contributed by atoms with Gasteiger partial charge in [-0.3, -0.25) is 4.79 Å². The Morgan fingerprint density at radius 3 is 2.62 bits per heavy atom. The van der Waals surface area contributed by atoms with Crippen molar-refractivity contribution in [2.24, 2.45) is 0 Å². The Morgan fingerprint density at radius 1 is 1.21 bits per heavy atom. The van der Waals surface area contributed by atoms with Crippen LogP contribution in [0.15, 0.2) is 46.9 Å². The van der Waals surface area contributed by atoms with Crippen LogP contribution >= 0.6 is 0 Å². The number of nitrogens with one attached hydrogen (secondary N) is 1. The minimum Gasteiger partial charge on any atom is -0.441 e. The first-order valence-electron chi connectivity index (χ1n) is 8.39. The molecule has 1 fully saturated rings. The van der Waals surface area contributed by atoms with Crippen LogP contribution in [-0.2, 0) is 5.41 Å². The van der Waals surface area contributed by atoms with Gasteiger partial charge in [0.15, 0.2) is 11.5 Å². The lowest BCUT2D eigenvalue weighted by molar-refractivity contribution is 0.102. The summed E-state index contributed by atoms with van der Waals surface area (Å²) in [5, 5.41) is 2.94. The maximum absolute atomic E-state index is 12.5. The van der Waals surface area contributed by atoms with Gasteiger partial charge in [-0.05, 0) is 54.5 Å². The summed E-state index contributed by atoms with van der Waals surface area (Å²) in [7, 11) is 0. The molecule has 0 spiro atoms. The van der Waals surface area contributed by atoms with Crippen LogP contribution in [0.2, 0.25) is 0 Å². The number of aryl methyl sites for hydroxylation is 1. The summed E-state index contributed by atoms with van der Waals surface area (Å²) in [6, 6.07) is 13.5. The number of amides is 1. The van der Waals surface area contributed by atoms with E-state index in [2.05, 4.69) is 29.4 Å². The second-order valence-electron chi connectivity index (χ2n) is 6.55.